The number of ether oxygens (including phenoxy) is 4. The van der Waals surface area contributed by atoms with Crippen LogP contribution in [-0.2, 0) is 46.2 Å². The number of nitrogens with zero attached hydrogens (tertiary/aromatic N) is 4. The van der Waals surface area contributed by atoms with Crippen molar-refractivity contribution in [2.45, 2.75) is 63.8 Å². The smallest absolute Gasteiger partial charge is 0.350 e. The molecule has 0 radical (unpaired) electrons. The molecular weight excluding hydrogens is 577 g/mol. The molecule has 0 spiro atoms. The molecule has 3 N–H and O–H groups in total. The Hall–Kier alpha value is -3.72. The van der Waals surface area contributed by atoms with Gasteiger partial charge in [0.15, 0.2) is 23.9 Å². The number of carbonyl (C=O) groups is 3. The number of hydrogen-bond donors (Lipinski definition) is 2. The van der Waals surface area contributed by atoms with E-state index in [2.05, 4.69) is 15.0 Å². The van der Waals surface area contributed by atoms with Crippen molar-refractivity contribution in [2.75, 3.05) is 25.6 Å². The predicted octanol–water partition coefficient (Wildman–Crippen LogP) is 1.91. The lowest BCUT2D eigenvalue weighted by Crippen LogP contribution is -2.54. The van der Waals surface area contributed by atoms with Gasteiger partial charge in [0.05, 0.1) is 26.1 Å². The first kappa shape index (κ1) is 31.2. The van der Waals surface area contributed by atoms with Crippen LogP contribution < -0.4 is 5.73 Å². The number of halogens is 2. The number of hydrogen-bond acceptors (Lipinski definition) is 12. The zero-order valence-corrected chi connectivity index (χ0v) is 23.9. The molecule has 3 heterocycles. The highest BCUT2D eigenvalue weighted by atomic mass is 35.5. The first-order chi connectivity index (χ1) is 20.0. The Kier molecular flexibility index (Phi) is 9.71. The summed E-state index contributed by atoms with van der Waals surface area (Å²) in [6, 6.07) is 6.67. The molecule has 0 bridgehead atoms. The van der Waals surface area contributed by atoms with Crippen molar-refractivity contribution in [1.29, 1.82) is 0 Å². The van der Waals surface area contributed by atoms with Crippen molar-refractivity contribution in [3.05, 3.63) is 47.0 Å². The van der Waals surface area contributed by atoms with Gasteiger partial charge in [-0.05, 0) is 43.5 Å². The molecule has 0 amide bonds. The number of fused-ring (bicyclic) bond motifs is 1. The SMILES string of the molecule is CCOC(=O)C(Cc1ccc(CC(C)=O)cc1)(OC[C@H]1O[C@@H](n2cnc3c(N)nc(Cl)nc32)[C@@H](F)[C@@H]1O)C(=O)OCC. The van der Waals surface area contributed by atoms with Crippen molar-refractivity contribution < 1.29 is 42.8 Å². The van der Waals surface area contributed by atoms with Gasteiger partial charge in [0.1, 0.15) is 23.5 Å². The molecule has 42 heavy (non-hydrogen) atoms. The average molecular weight is 608 g/mol. The minimum absolute atomic E-state index is 0.0271. The molecule has 1 aromatic carbocycles. The Labute approximate surface area is 245 Å². The van der Waals surface area contributed by atoms with Gasteiger partial charge in [-0.2, -0.15) is 9.97 Å². The van der Waals surface area contributed by atoms with E-state index in [9.17, 15) is 19.5 Å². The monoisotopic (exact) mass is 607 g/mol. The van der Waals surface area contributed by atoms with Crippen molar-refractivity contribution in [2.24, 2.45) is 0 Å². The molecule has 1 aliphatic rings. The Bertz CT molecular complexity index is 1430. The van der Waals surface area contributed by atoms with E-state index < -0.39 is 48.8 Å². The van der Waals surface area contributed by atoms with Crippen LogP contribution >= 0.6 is 11.6 Å². The van der Waals surface area contributed by atoms with Gasteiger partial charge >= 0.3 is 11.9 Å². The molecule has 0 saturated carbocycles. The molecule has 13 nitrogen and oxygen atoms in total. The number of alkyl halides is 1. The summed E-state index contributed by atoms with van der Waals surface area (Å²) in [5.74, 6) is -2.11. The second-order valence-electron chi connectivity index (χ2n) is 9.65. The molecule has 1 aliphatic heterocycles. The third-order valence-electron chi connectivity index (χ3n) is 6.62. The van der Waals surface area contributed by atoms with E-state index in [1.807, 2.05) is 0 Å². The number of benzene rings is 1. The second-order valence-corrected chi connectivity index (χ2v) is 9.99. The predicted molar refractivity (Wildman–Crippen MR) is 146 cm³/mol. The van der Waals surface area contributed by atoms with Crippen molar-refractivity contribution in [3.63, 3.8) is 0 Å². The maximum Gasteiger partial charge on any atom is 0.350 e. The van der Waals surface area contributed by atoms with Crippen LogP contribution in [0.25, 0.3) is 11.2 Å². The number of aliphatic hydroxyl groups is 1. The highest BCUT2D eigenvalue weighted by Crippen LogP contribution is 2.35. The number of carbonyl (C=O) groups excluding carboxylic acids is 3. The summed E-state index contributed by atoms with van der Waals surface area (Å²) in [4.78, 5) is 50.0. The zero-order valence-electron chi connectivity index (χ0n) is 23.2. The van der Waals surface area contributed by atoms with Crippen molar-refractivity contribution >= 4 is 46.3 Å². The van der Waals surface area contributed by atoms with Crippen molar-refractivity contribution in [1.82, 2.24) is 19.5 Å². The van der Waals surface area contributed by atoms with Gasteiger partial charge in [0, 0.05) is 12.8 Å². The Balaban J connectivity index is 1.61. The van der Waals surface area contributed by atoms with E-state index >= 15 is 4.39 Å². The quantitative estimate of drug-likeness (QED) is 0.174. The molecule has 2 aromatic heterocycles. The van der Waals surface area contributed by atoms with E-state index in [1.54, 1.807) is 38.1 Å². The molecule has 226 valence electrons. The standard InChI is InChI=1S/C27H31ClFN5O8/c1-4-39-24(37)27(25(38)40-5-2,11-16-8-6-15(7-9-16)10-14(3)35)41-12-17-20(36)18(29)23(42-17)34-13-31-19-21(30)32-26(28)33-22(19)34/h6-9,13,17-18,20,23,36H,4-5,10-12H2,1-3H3,(H2,30,32,33)/t17-,18+,20-,23-/m1/s1. The fraction of sp³-hybridized carbons (Fsp3) is 0.481. The van der Waals surface area contributed by atoms with E-state index in [0.717, 1.165) is 5.56 Å². The van der Waals surface area contributed by atoms with Crippen LogP contribution in [0.5, 0.6) is 0 Å². The average Bonchev–Trinajstić information content (AvgIpc) is 3.48. The normalized spacial score (nSPS) is 20.5. The fourth-order valence-corrected chi connectivity index (χ4v) is 4.80. The molecule has 4 atom stereocenters. The van der Waals surface area contributed by atoms with E-state index in [-0.39, 0.29) is 54.1 Å². The number of anilines is 1. The second kappa shape index (κ2) is 13.1. The lowest BCUT2D eigenvalue weighted by Gasteiger charge is -2.30. The minimum atomic E-state index is -2.31. The summed E-state index contributed by atoms with van der Waals surface area (Å²) < 4.78 is 38.7. The molecular formula is C27H31ClFN5O8. The minimum Gasteiger partial charge on any atom is -0.463 e. The maximum atomic E-state index is 15.4. The Morgan fingerprint density at radius 1 is 1.12 bits per heavy atom. The first-order valence-electron chi connectivity index (χ1n) is 13.2. The largest absolute Gasteiger partial charge is 0.463 e. The number of aromatic nitrogens is 4. The molecule has 3 aromatic rings. The van der Waals surface area contributed by atoms with Gasteiger partial charge in [-0.25, -0.2) is 19.0 Å². The van der Waals surface area contributed by atoms with Gasteiger partial charge in [-0.3, -0.25) is 9.36 Å². The Morgan fingerprint density at radius 2 is 1.74 bits per heavy atom. The first-order valence-corrected chi connectivity index (χ1v) is 13.6. The number of aliphatic hydroxyl groups excluding tert-OH is 1. The lowest BCUT2D eigenvalue weighted by molar-refractivity contribution is -0.197. The molecule has 0 unspecified atom stereocenters. The van der Waals surface area contributed by atoms with Gasteiger partial charge in [-0.1, -0.05) is 24.3 Å². The number of ketones is 1. The number of nitrogens with two attached hydrogens (primary N) is 1. The zero-order chi connectivity index (χ0) is 30.6. The third kappa shape index (κ3) is 6.36. The fourth-order valence-electron chi connectivity index (χ4n) is 4.63. The van der Waals surface area contributed by atoms with Crippen LogP contribution in [0.4, 0.5) is 10.2 Å². The maximum absolute atomic E-state index is 15.4. The van der Waals surface area contributed by atoms with Crippen LogP contribution in [-0.4, -0.2) is 86.1 Å². The summed E-state index contributed by atoms with van der Waals surface area (Å²) in [5, 5.41) is 10.5. The van der Waals surface area contributed by atoms with Gasteiger partial charge in [0.25, 0.3) is 5.60 Å². The molecule has 1 fully saturated rings. The van der Waals surface area contributed by atoms with E-state index in [4.69, 9.17) is 36.3 Å². The number of esters is 2. The van der Waals surface area contributed by atoms with Gasteiger partial charge < -0.3 is 29.8 Å². The molecule has 15 heteroatoms. The number of nitrogen functional groups attached to an aromatic ring is 1. The molecule has 4 rings (SSSR count). The highest BCUT2D eigenvalue weighted by Gasteiger charge is 2.53. The van der Waals surface area contributed by atoms with Crippen LogP contribution in [0.3, 0.4) is 0 Å². The van der Waals surface area contributed by atoms with Crippen LogP contribution in [0, 0.1) is 0 Å². The summed E-state index contributed by atoms with van der Waals surface area (Å²) in [5.41, 5.74) is 5.00. The number of rotatable bonds is 12. The van der Waals surface area contributed by atoms with Gasteiger partial charge in [0.2, 0.25) is 5.28 Å². The third-order valence-corrected chi connectivity index (χ3v) is 6.79. The van der Waals surface area contributed by atoms with E-state index in [1.165, 1.54) is 17.8 Å². The van der Waals surface area contributed by atoms with E-state index in [0.29, 0.717) is 5.56 Å². The summed E-state index contributed by atoms with van der Waals surface area (Å²) in [6.07, 6.45) is -5.34. The lowest BCUT2D eigenvalue weighted by atomic mass is 9.93. The number of Topliss-reactive ketones (excluding diaryl/α,β-unsaturated/α-hetero) is 1. The highest BCUT2D eigenvalue weighted by molar-refractivity contribution is 6.28. The van der Waals surface area contributed by atoms with Gasteiger partial charge in [-0.15, -0.1) is 0 Å². The summed E-state index contributed by atoms with van der Waals surface area (Å²) in [6.45, 7) is 3.85. The van der Waals surface area contributed by atoms with Crippen LogP contribution in [0.15, 0.2) is 30.6 Å². The number of imidazole rings is 1. The van der Waals surface area contributed by atoms with Crippen LogP contribution in [0.2, 0.25) is 5.28 Å². The topological polar surface area (TPSA) is 178 Å². The van der Waals surface area contributed by atoms with Crippen LogP contribution in [0.1, 0.15) is 38.1 Å². The Morgan fingerprint density at radius 3 is 2.33 bits per heavy atom. The summed E-state index contributed by atoms with van der Waals surface area (Å²) >= 11 is 5.91. The van der Waals surface area contributed by atoms with Crippen molar-refractivity contribution in [3.8, 4) is 0 Å². The molecule has 0 aliphatic carbocycles. The summed E-state index contributed by atoms with van der Waals surface area (Å²) in [7, 11) is 0. The molecule has 1 saturated heterocycles.